The summed E-state index contributed by atoms with van der Waals surface area (Å²) >= 11 is 3.53. The fourth-order valence-electron chi connectivity index (χ4n) is 2.91. The van der Waals surface area contributed by atoms with E-state index in [9.17, 15) is 4.79 Å². The summed E-state index contributed by atoms with van der Waals surface area (Å²) in [6.07, 6.45) is 4.70. The number of nitrogens with one attached hydrogen (secondary N) is 1. The molecule has 0 saturated heterocycles. The van der Waals surface area contributed by atoms with E-state index in [1.54, 1.807) is 20.1 Å². The number of aromatic amines is 1. The molecule has 1 aliphatic carbocycles. The minimum Gasteiger partial charge on any atom is -0.493 e. The third kappa shape index (κ3) is 3.78. The molecule has 0 amide bonds. The third-order valence-electron chi connectivity index (χ3n) is 4.12. The number of esters is 1. The molecule has 3 rings (SSSR count). The zero-order valence-corrected chi connectivity index (χ0v) is 15.8. The number of carbonyl (C=O) groups is 1. The van der Waals surface area contributed by atoms with Crippen LogP contribution in [0.1, 0.15) is 43.1 Å². The third-order valence-corrected chi connectivity index (χ3v) is 4.78. The number of methoxy groups -OCH3 is 1. The lowest BCUT2D eigenvalue weighted by Gasteiger charge is -2.17. The van der Waals surface area contributed by atoms with E-state index in [1.165, 1.54) is 12.8 Å². The Kier molecular flexibility index (Phi) is 5.57. The Labute approximate surface area is 154 Å². The lowest BCUT2D eigenvalue weighted by molar-refractivity contribution is 0.0520. The van der Waals surface area contributed by atoms with Gasteiger partial charge in [0, 0.05) is 10.0 Å². The fraction of sp³-hybridized carbons (Fsp3) is 0.471. The average molecular weight is 410 g/mol. The van der Waals surface area contributed by atoms with Crippen LogP contribution < -0.4 is 9.47 Å². The van der Waals surface area contributed by atoms with Crippen molar-refractivity contribution in [1.82, 2.24) is 15.4 Å². The van der Waals surface area contributed by atoms with Gasteiger partial charge in [-0.25, -0.2) is 4.79 Å². The molecule has 1 aliphatic rings. The summed E-state index contributed by atoms with van der Waals surface area (Å²) in [6, 6.07) is 3.63. The van der Waals surface area contributed by atoms with E-state index in [1.807, 2.05) is 6.07 Å². The topological polar surface area (TPSA) is 86.3 Å². The molecule has 0 bridgehead atoms. The number of ether oxygens (including phenoxy) is 3. The van der Waals surface area contributed by atoms with Gasteiger partial charge in [0.25, 0.3) is 0 Å². The lowest BCUT2D eigenvalue weighted by Crippen LogP contribution is -2.12. The van der Waals surface area contributed by atoms with Gasteiger partial charge in [0.2, 0.25) is 0 Å². The van der Waals surface area contributed by atoms with Crippen LogP contribution in [0.3, 0.4) is 0 Å². The predicted molar refractivity (Wildman–Crippen MR) is 94.9 cm³/mol. The van der Waals surface area contributed by atoms with Gasteiger partial charge in [0.15, 0.2) is 17.2 Å². The minimum atomic E-state index is -0.525. The molecule has 0 unspecified atom stereocenters. The first kappa shape index (κ1) is 17.7. The SMILES string of the molecule is CCOC(=O)c1n[nH]nc1-c1cc(OC)c(OC2CCCC2)cc1Br. The largest absolute Gasteiger partial charge is 0.493 e. The van der Waals surface area contributed by atoms with E-state index in [2.05, 4.69) is 31.3 Å². The monoisotopic (exact) mass is 409 g/mol. The molecule has 1 aromatic heterocycles. The second kappa shape index (κ2) is 7.86. The van der Waals surface area contributed by atoms with Gasteiger partial charge in [-0.2, -0.15) is 10.3 Å². The maximum absolute atomic E-state index is 12.0. The van der Waals surface area contributed by atoms with Crippen LogP contribution in [-0.4, -0.2) is 41.2 Å². The molecular weight excluding hydrogens is 390 g/mol. The summed E-state index contributed by atoms with van der Waals surface area (Å²) in [7, 11) is 1.59. The Balaban J connectivity index is 1.95. The summed E-state index contributed by atoms with van der Waals surface area (Å²) in [5.41, 5.74) is 1.21. The molecule has 134 valence electrons. The van der Waals surface area contributed by atoms with E-state index < -0.39 is 5.97 Å². The number of hydrogen-bond donors (Lipinski definition) is 1. The average Bonchev–Trinajstić information content (AvgIpc) is 3.27. The van der Waals surface area contributed by atoms with Crippen LogP contribution in [0.15, 0.2) is 16.6 Å². The van der Waals surface area contributed by atoms with Gasteiger partial charge in [0.1, 0.15) is 5.69 Å². The van der Waals surface area contributed by atoms with Crippen molar-refractivity contribution in [3.05, 3.63) is 22.3 Å². The number of H-pyrrole nitrogens is 1. The normalized spacial score (nSPS) is 14.5. The van der Waals surface area contributed by atoms with Gasteiger partial charge in [-0.15, -0.1) is 5.10 Å². The maximum Gasteiger partial charge on any atom is 0.361 e. The van der Waals surface area contributed by atoms with Crippen LogP contribution in [0.5, 0.6) is 11.5 Å². The summed E-state index contributed by atoms with van der Waals surface area (Å²) < 4.78 is 17.3. The highest BCUT2D eigenvalue weighted by molar-refractivity contribution is 9.10. The van der Waals surface area contributed by atoms with Gasteiger partial charge in [0.05, 0.1) is 19.8 Å². The first-order chi connectivity index (χ1) is 12.1. The van der Waals surface area contributed by atoms with Gasteiger partial charge in [-0.05, 0) is 60.7 Å². The van der Waals surface area contributed by atoms with Crippen molar-refractivity contribution in [2.24, 2.45) is 0 Å². The number of carbonyl (C=O) groups excluding carboxylic acids is 1. The number of nitrogens with zero attached hydrogens (tertiary/aromatic N) is 2. The molecule has 7 nitrogen and oxygen atoms in total. The predicted octanol–water partition coefficient (Wildman–Crippen LogP) is 3.74. The Hall–Kier alpha value is -2.09. The smallest absolute Gasteiger partial charge is 0.361 e. The molecule has 0 radical (unpaired) electrons. The van der Waals surface area contributed by atoms with Crippen molar-refractivity contribution in [2.75, 3.05) is 13.7 Å². The van der Waals surface area contributed by atoms with E-state index in [4.69, 9.17) is 14.2 Å². The quantitative estimate of drug-likeness (QED) is 0.731. The molecule has 8 heteroatoms. The van der Waals surface area contributed by atoms with Crippen molar-refractivity contribution in [2.45, 2.75) is 38.7 Å². The second-order valence-electron chi connectivity index (χ2n) is 5.75. The highest BCUT2D eigenvalue weighted by Crippen LogP contribution is 2.40. The summed E-state index contributed by atoms with van der Waals surface area (Å²) in [6.45, 7) is 2.01. The first-order valence-electron chi connectivity index (χ1n) is 8.26. The van der Waals surface area contributed by atoms with Gasteiger partial charge >= 0.3 is 5.97 Å². The van der Waals surface area contributed by atoms with Crippen molar-refractivity contribution < 1.29 is 19.0 Å². The van der Waals surface area contributed by atoms with E-state index in [-0.39, 0.29) is 18.4 Å². The van der Waals surface area contributed by atoms with Crippen LogP contribution in [0.2, 0.25) is 0 Å². The van der Waals surface area contributed by atoms with Crippen molar-refractivity contribution >= 4 is 21.9 Å². The maximum atomic E-state index is 12.0. The molecule has 1 fully saturated rings. The highest BCUT2D eigenvalue weighted by atomic mass is 79.9. The first-order valence-corrected chi connectivity index (χ1v) is 9.05. The van der Waals surface area contributed by atoms with Crippen LogP contribution in [0.4, 0.5) is 0 Å². The summed E-state index contributed by atoms with van der Waals surface area (Å²) in [5.74, 6) is 0.734. The lowest BCUT2D eigenvalue weighted by atomic mass is 10.1. The molecule has 1 saturated carbocycles. The van der Waals surface area contributed by atoms with Crippen LogP contribution in [0, 0.1) is 0 Å². The van der Waals surface area contributed by atoms with Crippen LogP contribution in [-0.2, 0) is 4.74 Å². The van der Waals surface area contributed by atoms with Crippen molar-refractivity contribution in [1.29, 1.82) is 0 Å². The Morgan fingerprint density at radius 1 is 1.28 bits per heavy atom. The number of benzene rings is 1. The number of halogens is 1. The molecule has 0 atom stereocenters. The molecule has 0 aliphatic heterocycles. The zero-order chi connectivity index (χ0) is 17.8. The van der Waals surface area contributed by atoms with E-state index in [0.29, 0.717) is 22.8 Å². The molecular formula is C17H20BrN3O4. The fourth-order valence-corrected chi connectivity index (χ4v) is 3.42. The summed E-state index contributed by atoms with van der Waals surface area (Å²) in [4.78, 5) is 12.0. The number of aromatic nitrogens is 3. The van der Waals surface area contributed by atoms with E-state index >= 15 is 0 Å². The number of rotatable bonds is 6. The van der Waals surface area contributed by atoms with Crippen molar-refractivity contribution in [3.8, 4) is 22.8 Å². The zero-order valence-electron chi connectivity index (χ0n) is 14.2. The summed E-state index contributed by atoms with van der Waals surface area (Å²) in [5, 5.41) is 10.5. The second-order valence-corrected chi connectivity index (χ2v) is 6.60. The Morgan fingerprint density at radius 2 is 2.04 bits per heavy atom. The van der Waals surface area contributed by atoms with Gasteiger partial charge in [-0.1, -0.05) is 0 Å². The molecule has 1 N–H and O–H groups in total. The molecule has 0 spiro atoms. The number of hydrogen-bond acceptors (Lipinski definition) is 6. The van der Waals surface area contributed by atoms with Crippen molar-refractivity contribution in [3.63, 3.8) is 0 Å². The van der Waals surface area contributed by atoms with Gasteiger partial charge < -0.3 is 14.2 Å². The molecule has 2 aromatic rings. The molecule has 1 aromatic carbocycles. The standard InChI is InChI=1S/C17H20BrN3O4/c1-3-24-17(22)16-15(19-21-20-16)11-8-13(23-2)14(9-12(11)18)25-10-6-4-5-7-10/h8-10H,3-7H2,1-2H3,(H,19,20,21). The Bertz CT molecular complexity index is 756. The Morgan fingerprint density at radius 3 is 2.72 bits per heavy atom. The minimum absolute atomic E-state index is 0.133. The van der Waals surface area contributed by atoms with Crippen LogP contribution >= 0.6 is 15.9 Å². The highest BCUT2D eigenvalue weighted by Gasteiger charge is 2.24. The molecule has 1 heterocycles. The van der Waals surface area contributed by atoms with Gasteiger partial charge in [-0.3, -0.25) is 0 Å². The van der Waals surface area contributed by atoms with Crippen LogP contribution in [0.25, 0.3) is 11.3 Å². The molecule has 25 heavy (non-hydrogen) atoms. The van der Waals surface area contributed by atoms with E-state index in [0.717, 1.165) is 17.3 Å².